The molecule has 0 unspecified atom stereocenters. The molecule has 0 aliphatic heterocycles. The Hall–Kier alpha value is -3.40. The highest BCUT2D eigenvalue weighted by Crippen LogP contribution is 2.28. The Kier molecular flexibility index (Phi) is 5.17. The van der Waals surface area contributed by atoms with E-state index in [9.17, 15) is 18.0 Å². The maximum Gasteiger partial charge on any atom is 0.417 e. The number of pyridine rings is 2. The number of rotatable bonds is 5. The van der Waals surface area contributed by atoms with Gasteiger partial charge in [0.1, 0.15) is 10.7 Å². The number of halogens is 4. The molecular weight excluding hydrogens is 421 g/mol. The van der Waals surface area contributed by atoms with E-state index in [4.69, 9.17) is 11.6 Å². The zero-order chi connectivity index (χ0) is 21.3. The smallest absolute Gasteiger partial charge is 0.382 e. The van der Waals surface area contributed by atoms with Crippen LogP contribution in [0.15, 0.2) is 59.9 Å². The second-order valence-electron chi connectivity index (χ2n) is 6.37. The summed E-state index contributed by atoms with van der Waals surface area (Å²) in [6, 6.07) is 7.58. The normalized spacial score (nSPS) is 11.7. The van der Waals surface area contributed by atoms with E-state index in [2.05, 4.69) is 20.4 Å². The molecule has 0 aromatic carbocycles. The molecule has 4 aromatic rings. The molecule has 1 N–H and O–H groups in total. The predicted octanol–water partition coefficient (Wildman–Crippen LogP) is 3.60. The maximum atomic E-state index is 12.7. The molecule has 0 bridgehead atoms. The van der Waals surface area contributed by atoms with Crippen molar-refractivity contribution < 1.29 is 13.2 Å². The van der Waals surface area contributed by atoms with E-state index in [1.165, 1.54) is 6.20 Å². The molecule has 0 amide bonds. The molecule has 154 valence electrons. The van der Waals surface area contributed by atoms with E-state index in [-0.39, 0.29) is 10.8 Å². The number of aromatic nitrogens is 5. The molecule has 0 saturated carbocycles. The summed E-state index contributed by atoms with van der Waals surface area (Å²) in [5.74, 6) is -0.0637. The van der Waals surface area contributed by atoms with Gasteiger partial charge in [0.25, 0.3) is 5.56 Å². The molecule has 4 heterocycles. The Labute approximate surface area is 172 Å². The van der Waals surface area contributed by atoms with Gasteiger partial charge in [0.15, 0.2) is 5.82 Å². The van der Waals surface area contributed by atoms with Crippen LogP contribution >= 0.6 is 11.6 Å². The van der Waals surface area contributed by atoms with Crippen LogP contribution in [0.3, 0.4) is 0 Å². The van der Waals surface area contributed by atoms with Crippen molar-refractivity contribution in [2.75, 3.05) is 11.9 Å². The summed E-state index contributed by atoms with van der Waals surface area (Å²) in [7, 11) is 0. The Morgan fingerprint density at radius 3 is 2.67 bits per heavy atom. The number of nitrogens with one attached hydrogen (secondary N) is 1. The van der Waals surface area contributed by atoms with E-state index in [0.29, 0.717) is 24.8 Å². The topological polar surface area (TPSA) is 77.1 Å². The fourth-order valence-electron chi connectivity index (χ4n) is 2.83. The molecule has 4 aromatic heterocycles. The monoisotopic (exact) mass is 434 g/mol. The average molecular weight is 435 g/mol. The van der Waals surface area contributed by atoms with Crippen LogP contribution in [0.2, 0.25) is 5.02 Å². The Balaban J connectivity index is 1.48. The van der Waals surface area contributed by atoms with Crippen molar-refractivity contribution in [3.63, 3.8) is 0 Å². The summed E-state index contributed by atoms with van der Waals surface area (Å²) in [6.07, 6.45) is 1.84. The van der Waals surface area contributed by atoms with Crippen molar-refractivity contribution in [3.05, 3.63) is 81.8 Å². The van der Waals surface area contributed by atoms with E-state index >= 15 is 0 Å². The van der Waals surface area contributed by atoms with Gasteiger partial charge in [0.05, 0.1) is 23.1 Å². The first-order valence-electron chi connectivity index (χ1n) is 8.81. The Morgan fingerprint density at radius 2 is 1.97 bits per heavy atom. The molecule has 30 heavy (non-hydrogen) atoms. The molecule has 0 saturated heterocycles. The second-order valence-corrected chi connectivity index (χ2v) is 6.75. The van der Waals surface area contributed by atoms with Crippen molar-refractivity contribution >= 4 is 22.9 Å². The molecular formula is C19H14ClF3N6O. The molecule has 0 spiro atoms. The van der Waals surface area contributed by atoms with Gasteiger partial charge in [-0.1, -0.05) is 17.7 Å². The first kappa shape index (κ1) is 19.9. The fourth-order valence-corrected chi connectivity index (χ4v) is 3.03. The third kappa shape index (κ3) is 3.99. The van der Waals surface area contributed by atoms with Gasteiger partial charge in [-0.3, -0.25) is 4.79 Å². The lowest BCUT2D eigenvalue weighted by atomic mass is 10.3. The van der Waals surface area contributed by atoms with Gasteiger partial charge in [-0.25, -0.2) is 9.97 Å². The summed E-state index contributed by atoms with van der Waals surface area (Å²) in [4.78, 5) is 20.6. The number of nitrogens with zero attached hydrogens (tertiary/aromatic N) is 5. The number of alkyl halides is 3. The number of hydrogen-bond acceptors (Lipinski definition) is 5. The second kappa shape index (κ2) is 7.79. The molecule has 0 radical (unpaired) electrons. The van der Waals surface area contributed by atoms with Crippen LogP contribution < -0.4 is 10.9 Å². The largest absolute Gasteiger partial charge is 0.417 e. The van der Waals surface area contributed by atoms with Gasteiger partial charge in [-0.2, -0.15) is 23.0 Å². The van der Waals surface area contributed by atoms with Gasteiger partial charge in [0, 0.05) is 31.6 Å². The molecule has 7 nitrogen and oxygen atoms in total. The Bertz CT molecular complexity index is 1220. The van der Waals surface area contributed by atoms with Gasteiger partial charge in [0.2, 0.25) is 0 Å². The highest BCUT2D eigenvalue weighted by molar-refractivity contribution is 6.32. The van der Waals surface area contributed by atoms with Crippen molar-refractivity contribution in [1.29, 1.82) is 0 Å². The first-order valence-corrected chi connectivity index (χ1v) is 9.18. The lowest BCUT2D eigenvalue weighted by Gasteiger charge is -2.10. The summed E-state index contributed by atoms with van der Waals surface area (Å²) in [5, 5.41) is 6.85. The van der Waals surface area contributed by atoms with Crippen LogP contribution in [0.4, 0.5) is 18.9 Å². The summed E-state index contributed by atoms with van der Waals surface area (Å²) in [5.41, 5.74) is 0.393. The summed E-state index contributed by atoms with van der Waals surface area (Å²) >= 11 is 6.13. The molecule has 0 aliphatic carbocycles. The van der Waals surface area contributed by atoms with E-state index < -0.39 is 17.3 Å². The molecule has 0 atom stereocenters. The number of anilines is 1. The van der Waals surface area contributed by atoms with Gasteiger partial charge < -0.3 is 9.72 Å². The van der Waals surface area contributed by atoms with E-state index in [0.717, 1.165) is 28.2 Å². The van der Waals surface area contributed by atoms with Crippen LogP contribution in [0.25, 0.3) is 11.5 Å². The molecule has 4 rings (SSSR count). The lowest BCUT2D eigenvalue weighted by Crippen LogP contribution is -2.24. The van der Waals surface area contributed by atoms with Gasteiger partial charge in [-0.05, 0) is 24.3 Å². The minimum atomic E-state index is -4.52. The van der Waals surface area contributed by atoms with Crippen molar-refractivity contribution in [1.82, 2.24) is 24.1 Å². The quantitative estimate of drug-likeness (QED) is 0.519. The van der Waals surface area contributed by atoms with Crippen molar-refractivity contribution in [2.24, 2.45) is 0 Å². The van der Waals surface area contributed by atoms with Gasteiger partial charge >= 0.3 is 6.18 Å². The zero-order valence-electron chi connectivity index (χ0n) is 15.3. The minimum Gasteiger partial charge on any atom is -0.382 e. The number of hydrogen-bond donors (Lipinski definition) is 1. The number of fused-ring (bicyclic) bond motifs is 1. The third-order valence-electron chi connectivity index (χ3n) is 4.32. The number of imidazole rings is 1. The summed E-state index contributed by atoms with van der Waals surface area (Å²) in [6.45, 7) is 0.452. The molecule has 0 fully saturated rings. The molecule has 11 heteroatoms. The van der Waals surface area contributed by atoms with E-state index in [1.54, 1.807) is 0 Å². The minimum absolute atomic E-state index is 0.0637. The highest BCUT2D eigenvalue weighted by Gasteiger charge is 2.30. The highest BCUT2D eigenvalue weighted by atomic mass is 35.5. The first-order chi connectivity index (χ1) is 14.3. The third-order valence-corrected chi connectivity index (χ3v) is 4.69. The SMILES string of the molecule is O=c1c(Cl)c(NCCc2cn3ccccc3n2)cnn1-c1ccc(C(F)(F)F)cn1. The Morgan fingerprint density at radius 1 is 1.13 bits per heavy atom. The standard InChI is InChI=1S/C19H14ClF3N6O/c20-17-14(24-7-6-13-11-28-8-2-1-3-16(28)27-13)10-26-29(18(17)30)15-5-4-12(9-25-15)19(21,22)23/h1-5,8-11,24H,6-7H2. The lowest BCUT2D eigenvalue weighted by molar-refractivity contribution is -0.137. The summed E-state index contributed by atoms with van der Waals surface area (Å²) < 4.78 is 40.7. The van der Waals surface area contributed by atoms with Crippen LogP contribution in [-0.2, 0) is 12.6 Å². The zero-order valence-corrected chi connectivity index (χ0v) is 16.0. The predicted molar refractivity (Wildman–Crippen MR) is 105 cm³/mol. The fraction of sp³-hybridized carbons (Fsp3) is 0.158. The maximum absolute atomic E-state index is 12.7. The molecule has 0 aliphatic rings. The van der Waals surface area contributed by atoms with Crippen LogP contribution in [-0.4, -0.2) is 30.7 Å². The van der Waals surface area contributed by atoms with Crippen molar-refractivity contribution in [2.45, 2.75) is 12.6 Å². The van der Waals surface area contributed by atoms with Crippen LogP contribution in [0, 0.1) is 0 Å². The van der Waals surface area contributed by atoms with E-state index in [1.807, 2.05) is 35.0 Å². The van der Waals surface area contributed by atoms with Crippen molar-refractivity contribution in [3.8, 4) is 5.82 Å². The van der Waals surface area contributed by atoms with Crippen LogP contribution in [0.5, 0.6) is 0 Å². The average Bonchev–Trinajstić information content (AvgIpc) is 3.13. The van der Waals surface area contributed by atoms with Gasteiger partial charge in [-0.15, -0.1) is 0 Å². The van der Waals surface area contributed by atoms with Crippen LogP contribution in [0.1, 0.15) is 11.3 Å².